The van der Waals surface area contributed by atoms with Gasteiger partial charge in [-0.1, -0.05) is 28.5 Å². The lowest BCUT2D eigenvalue weighted by Crippen LogP contribution is -2.68. The van der Waals surface area contributed by atoms with Gasteiger partial charge in [0.15, 0.2) is 22.3 Å². The summed E-state index contributed by atoms with van der Waals surface area (Å²) in [4.78, 5) is 98.3. The van der Waals surface area contributed by atoms with Crippen molar-refractivity contribution in [3.05, 3.63) is 33.8 Å². The lowest BCUT2D eigenvalue weighted by Gasteiger charge is -2.41. The van der Waals surface area contributed by atoms with E-state index in [-0.39, 0.29) is 23.9 Å². The van der Waals surface area contributed by atoms with Crippen molar-refractivity contribution >= 4 is 87.0 Å². The van der Waals surface area contributed by atoms with Crippen molar-refractivity contribution in [2.45, 2.75) is 35.7 Å². The number of carboxylic acid groups (broad SMARTS) is 2. The molecule has 260 valence electrons. The molecule has 5 rings (SSSR count). The highest BCUT2D eigenvalue weighted by Crippen LogP contribution is 2.49. The molecule has 1 aromatic heterocycles. The summed E-state index contributed by atoms with van der Waals surface area (Å²) in [5.41, 5.74) is 4.80. The molecule has 0 spiro atoms. The maximum Gasteiger partial charge on any atom is 0.350 e. The summed E-state index contributed by atoms with van der Waals surface area (Å²) >= 11 is 7.48. The van der Waals surface area contributed by atoms with Crippen LogP contribution < -0.4 is 16.5 Å². The number of phenolic OH excluding ortho intramolecular Hbond substituents is 2. The number of thiazole rings is 1. The van der Waals surface area contributed by atoms with Crippen LogP contribution in [0.25, 0.3) is 0 Å². The molecule has 0 aliphatic carbocycles. The monoisotopic (exact) mass is 740 g/mol. The summed E-state index contributed by atoms with van der Waals surface area (Å²) in [6, 6.07) is -0.437. The molecule has 3 aliphatic heterocycles. The Bertz CT molecular complexity index is 1850. The summed E-state index contributed by atoms with van der Waals surface area (Å²) in [7, 11) is 0. The van der Waals surface area contributed by atoms with Crippen molar-refractivity contribution in [3.8, 4) is 11.5 Å². The van der Waals surface area contributed by atoms with Crippen LogP contribution in [-0.4, -0.2) is 129 Å². The van der Waals surface area contributed by atoms with Crippen LogP contribution in [-0.2, 0) is 28.8 Å². The third-order valence-corrected chi connectivity index (χ3v) is 10.3. The van der Waals surface area contributed by atoms with Gasteiger partial charge in [-0.15, -0.1) is 11.3 Å². The Morgan fingerprint density at radius 1 is 1.14 bits per heavy atom. The minimum absolute atomic E-state index is 0.0461. The van der Waals surface area contributed by atoms with Crippen molar-refractivity contribution in [1.82, 2.24) is 30.5 Å². The Hall–Kier alpha value is -5.35. The lowest BCUT2D eigenvalue weighted by molar-refractivity contribution is -0.161. The zero-order valence-electron chi connectivity index (χ0n) is 25.1. The number of carbonyl (C=O) groups excluding carboxylic acids is 5. The Morgan fingerprint density at radius 2 is 1.84 bits per heavy atom. The zero-order valence-corrected chi connectivity index (χ0v) is 27.5. The summed E-state index contributed by atoms with van der Waals surface area (Å²) in [5, 5.41) is 45.6. The predicted octanol–water partition coefficient (Wildman–Crippen LogP) is -0.794. The summed E-state index contributed by atoms with van der Waals surface area (Å²) in [6.45, 7) is 1.32. The van der Waals surface area contributed by atoms with Gasteiger partial charge in [0, 0.05) is 11.9 Å². The van der Waals surface area contributed by atoms with Crippen LogP contribution in [0.15, 0.2) is 22.7 Å². The van der Waals surface area contributed by atoms with Crippen molar-refractivity contribution in [2.24, 2.45) is 5.16 Å². The van der Waals surface area contributed by atoms with Crippen molar-refractivity contribution in [3.63, 3.8) is 0 Å². The van der Waals surface area contributed by atoms with Crippen LogP contribution in [0.4, 0.5) is 9.93 Å². The number of hydrogen-bond donors (Lipinski definition) is 7. The van der Waals surface area contributed by atoms with Crippen molar-refractivity contribution in [1.29, 1.82) is 0 Å². The second-order valence-corrected chi connectivity index (χ2v) is 13.7. The number of aromatic nitrogens is 1. The third-order valence-electron chi connectivity index (χ3n) is 7.55. The Morgan fingerprint density at radius 3 is 2.45 bits per heavy atom. The van der Waals surface area contributed by atoms with Gasteiger partial charge in [-0.25, -0.2) is 24.4 Å². The van der Waals surface area contributed by atoms with E-state index in [1.54, 1.807) is 0 Å². The average molecular weight is 741 g/mol. The van der Waals surface area contributed by atoms with Gasteiger partial charge in [0.2, 0.25) is 16.4 Å². The predicted molar refractivity (Wildman–Crippen MR) is 167 cm³/mol. The van der Waals surface area contributed by atoms with Crippen LogP contribution >= 0.6 is 34.7 Å². The number of nitrogen functional groups attached to an aromatic ring is 1. The normalized spacial score (nSPS) is 22.0. The summed E-state index contributed by atoms with van der Waals surface area (Å²) in [6.07, 6.45) is 0. The number of aliphatic carboxylic acids is 2. The number of rotatable bonds is 11. The molecule has 1 aromatic carbocycles. The summed E-state index contributed by atoms with van der Waals surface area (Å²) in [5.74, 6) is -8.74. The van der Waals surface area contributed by atoms with E-state index >= 15 is 0 Å². The number of benzene rings is 1. The number of urea groups is 1. The van der Waals surface area contributed by atoms with Gasteiger partial charge in [0.05, 0.1) is 23.7 Å². The first kappa shape index (κ1) is 35.0. The van der Waals surface area contributed by atoms with E-state index in [0.29, 0.717) is 16.8 Å². The zero-order chi connectivity index (χ0) is 36.2. The molecule has 20 nitrogen and oxygen atoms in total. The van der Waals surface area contributed by atoms with Gasteiger partial charge in [0.25, 0.3) is 11.7 Å². The highest BCUT2D eigenvalue weighted by molar-refractivity contribution is 8.02. The van der Waals surface area contributed by atoms with Gasteiger partial charge >= 0.3 is 23.9 Å². The number of carbonyl (C=O) groups is 7. The second-order valence-electron chi connectivity index (χ2n) is 11.1. The number of halogens is 1. The molecule has 3 fully saturated rings. The van der Waals surface area contributed by atoms with E-state index in [1.165, 1.54) is 19.2 Å². The second kappa shape index (κ2) is 12.6. The van der Waals surface area contributed by atoms with Gasteiger partial charge in [-0.3, -0.25) is 29.5 Å². The maximum atomic E-state index is 13.4. The molecular formula is C26H25ClN8O12S2. The molecule has 2 aromatic rings. The number of fused-ring (bicyclic) bond motifs is 1. The number of ketones is 1. The van der Waals surface area contributed by atoms with Gasteiger partial charge in [-0.05, 0) is 26.0 Å². The molecule has 3 saturated heterocycles. The van der Waals surface area contributed by atoms with Crippen molar-refractivity contribution < 1.29 is 58.8 Å². The Labute approximate surface area is 287 Å². The fraction of sp³-hybridized carbons (Fsp3) is 0.346. The molecule has 8 N–H and O–H groups in total. The lowest BCUT2D eigenvalue weighted by atomic mass is 10.1. The molecule has 49 heavy (non-hydrogen) atoms. The number of oxime groups is 1. The third kappa shape index (κ3) is 6.08. The first-order valence-corrected chi connectivity index (χ1v) is 15.9. The number of carboxylic acids is 2. The smallest absolute Gasteiger partial charge is 0.350 e. The van der Waals surface area contributed by atoms with E-state index in [2.05, 4.69) is 20.9 Å². The number of amides is 5. The van der Waals surface area contributed by atoms with Gasteiger partial charge < -0.3 is 41.2 Å². The topological polar surface area (TPSA) is 295 Å². The Balaban J connectivity index is 1.30. The Kier molecular flexibility index (Phi) is 8.99. The first-order valence-electron chi connectivity index (χ1n) is 13.8. The fourth-order valence-corrected chi connectivity index (χ4v) is 7.25. The number of aromatic hydroxyl groups is 2. The van der Waals surface area contributed by atoms with Gasteiger partial charge in [0.1, 0.15) is 17.1 Å². The number of phenols is 2. The van der Waals surface area contributed by atoms with Crippen LogP contribution in [0.5, 0.6) is 11.5 Å². The van der Waals surface area contributed by atoms with Crippen molar-refractivity contribution in [2.75, 3.05) is 25.4 Å². The highest BCUT2D eigenvalue weighted by Gasteiger charge is 2.66. The number of nitrogens with two attached hydrogens (primary N) is 1. The molecule has 3 aliphatic rings. The molecular weight excluding hydrogens is 716 g/mol. The van der Waals surface area contributed by atoms with E-state index in [1.807, 2.05) is 0 Å². The molecule has 3 atom stereocenters. The fourth-order valence-electron chi connectivity index (χ4n) is 4.82. The van der Waals surface area contributed by atoms with E-state index in [0.717, 1.165) is 33.3 Å². The SMILES string of the molecule is CC(C)(O/N=C(\C(=O)N[C@@H]1C(=O)N2C[C@@](C(=O)O)(N3CCN(NC(=O)C(=O)c4ccc(O)c(O)c4Cl)C3=O)S[C@H]12)c1csc(N)n1)C(=O)O. The molecule has 0 unspecified atom stereocenters. The maximum absolute atomic E-state index is 13.4. The number of anilines is 1. The minimum Gasteiger partial charge on any atom is -0.504 e. The number of hydrogen-bond acceptors (Lipinski definition) is 15. The molecule has 5 amide bonds. The number of Topliss-reactive ketones (excluding diaryl/α,β-unsaturated/α-hetero) is 1. The molecule has 23 heteroatoms. The van der Waals surface area contributed by atoms with Crippen LogP contribution in [0, 0.1) is 0 Å². The quantitative estimate of drug-likeness (QED) is 0.0371. The molecule has 0 bridgehead atoms. The number of hydrazine groups is 1. The number of nitrogens with zero attached hydrogens (tertiary/aromatic N) is 5. The summed E-state index contributed by atoms with van der Waals surface area (Å²) < 4.78 is 0. The number of thioether (sulfide) groups is 1. The minimum atomic E-state index is -2.08. The van der Waals surface area contributed by atoms with E-state index in [4.69, 9.17) is 22.2 Å². The number of β-lactam (4-membered cyclic amide) rings is 1. The largest absolute Gasteiger partial charge is 0.504 e. The van der Waals surface area contributed by atoms with E-state index < -0.39 is 97.7 Å². The van der Waals surface area contributed by atoms with Crippen LogP contribution in [0.2, 0.25) is 5.02 Å². The average Bonchev–Trinajstić information content (AvgIpc) is 3.74. The number of nitrogens with one attached hydrogen (secondary N) is 2. The van der Waals surface area contributed by atoms with Crippen LogP contribution in [0.1, 0.15) is 29.9 Å². The van der Waals surface area contributed by atoms with Crippen LogP contribution in [0.3, 0.4) is 0 Å². The molecule has 0 radical (unpaired) electrons. The van der Waals surface area contributed by atoms with E-state index in [9.17, 15) is 54.0 Å². The first-order chi connectivity index (χ1) is 22.9. The molecule has 0 saturated carbocycles. The standard InChI is InChI=1S/C26H25ClN8O12S2/c1-25(2,21(42)43)47-32-13(10-7-48-23(28)29-10)17(39)30-14-19(41)33-8-26(22(44)45,49-20(14)33)34-5-6-35(24(34)46)31-18(40)15(37)9-3-4-11(36)16(38)12(9)27/h3-4,7,14,20,36,38H,5-6,8H2,1-2H3,(H2,28,29)(H,30,39)(H,31,40)(H,42,43)(H,44,45)/b32-13-/t14-,20-,26-/m1/s1. The highest BCUT2D eigenvalue weighted by atomic mass is 35.5. The molecule has 4 heterocycles. The van der Waals surface area contributed by atoms with Gasteiger partial charge in [-0.2, -0.15) is 0 Å².